The van der Waals surface area contributed by atoms with Crippen molar-refractivity contribution in [1.29, 1.82) is 0 Å². The number of rotatable bonds is 4. The number of benzene rings is 1. The van der Waals surface area contributed by atoms with Crippen LogP contribution in [0.25, 0.3) is 16.7 Å². The normalized spacial score (nSPS) is 12.2. The van der Waals surface area contributed by atoms with Crippen LogP contribution in [0.3, 0.4) is 0 Å². The summed E-state index contributed by atoms with van der Waals surface area (Å²) in [7, 11) is 0. The molecule has 0 saturated carbocycles. The molecule has 0 radical (unpaired) electrons. The number of fused-ring (bicyclic) bond motifs is 1. The molecule has 1 N–H and O–H groups in total. The van der Waals surface area contributed by atoms with Gasteiger partial charge in [0.1, 0.15) is 12.1 Å². The largest absolute Gasteiger partial charge is 0.361 e. The second kappa shape index (κ2) is 6.08. The number of hydrogen-bond donors (Lipinski definition) is 1. The molecular formula is C18H16N6. The molecule has 0 aliphatic rings. The maximum absolute atomic E-state index is 4.46. The molecule has 0 spiro atoms. The third-order valence-electron chi connectivity index (χ3n) is 3.85. The molecule has 0 amide bonds. The molecule has 3 heterocycles. The van der Waals surface area contributed by atoms with Crippen molar-refractivity contribution in [2.45, 2.75) is 13.0 Å². The van der Waals surface area contributed by atoms with Gasteiger partial charge in [-0.1, -0.05) is 24.3 Å². The van der Waals surface area contributed by atoms with Crippen molar-refractivity contribution >= 4 is 16.9 Å². The van der Waals surface area contributed by atoms with E-state index in [1.165, 1.54) is 0 Å². The summed E-state index contributed by atoms with van der Waals surface area (Å²) in [5.41, 5.74) is 2.70. The van der Waals surface area contributed by atoms with Gasteiger partial charge in [0.05, 0.1) is 29.0 Å². The van der Waals surface area contributed by atoms with E-state index in [2.05, 4.69) is 32.3 Å². The predicted molar refractivity (Wildman–Crippen MR) is 92.9 cm³/mol. The summed E-state index contributed by atoms with van der Waals surface area (Å²) in [6.07, 6.45) is 5.13. The van der Waals surface area contributed by atoms with E-state index in [0.29, 0.717) is 0 Å². The van der Waals surface area contributed by atoms with Crippen molar-refractivity contribution < 1.29 is 0 Å². The van der Waals surface area contributed by atoms with Crippen LogP contribution in [0.15, 0.2) is 67.3 Å². The zero-order chi connectivity index (χ0) is 16.4. The zero-order valence-corrected chi connectivity index (χ0v) is 13.2. The Bertz CT molecular complexity index is 949. The lowest BCUT2D eigenvalue weighted by Crippen LogP contribution is -2.10. The van der Waals surface area contributed by atoms with E-state index in [9.17, 15) is 0 Å². The number of nitrogens with zero attached hydrogens (tertiary/aromatic N) is 5. The first-order valence-electron chi connectivity index (χ1n) is 7.74. The quantitative estimate of drug-likeness (QED) is 0.625. The molecule has 24 heavy (non-hydrogen) atoms. The molecule has 0 saturated heterocycles. The van der Waals surface area contributed by atoms with E-state index in [1.807, 2.05) is 53.2 Å². The predicted octanol–water partition coefficient (Wildman–Crippen LogP) is 3.38. The molecular weight excluding hydrogens is 300 g/mol. The zero-order valence-electron chi connectivity index (χ0n) is 13.2. The van der Waals surface area contributed by atoms with Gasteiger partial charge in [0, 0.05) is 6.20 Å². The lowest BCUT2D eigenvalue weighted by atomic mass is 10.2. The van der Waals surface area contributed by atoms with Crippen LogP contribution < -0.4 is 5.32 Å². The molecule has 4 aromatic rings. The first-order chi connectivity index (χ1) is 11.8. The number of aromatic nitrogens is 5. The van der Waals surface area contributed by atoms with Crippen molar-refractivity contribution in [3.05, 3.63) is 72.9 Å². The molecule has 1 aromatic carbocycles. The Balaban J connectivity index is 1.71. The minimum absolute atomic E-state index is 0.0318. The highest BCUT2D eigenvalue weighted by molar-refractivity contribution is 5.87. The minimum Gasteiger partial charge on any atom is -0.361 e. The molecule has 0 aliphatic heterocycles. The Kier molecular flexibility index (Phi) is 3.63. The standard InChI is InChI=1S/C18H16N6/c1-13(16-9-5-6-10-19-16)23-17-15-11-22-24(18(15)21-12-20-17)14-7-3-2-4-8-14/h2-13H,1H3,(H,20,21,23). The molecule has 0 fully saturated rings. The SMILES string of the molecule is CC(Nc1ncnc2c1cnn2-c1ccccc1)c1ccccn1. The first kappa shape index (κ1) is 14.3. The van der Waals surface area contributed by atoms with Crippen LogP contribution in [0, 0.1) is 0 Å². The molecule has 3 aromatic heterocycles. The molecule has 1 unspecified atom stereocenters. The second-order valence-corrected chi connectivity index (χ2v) is 5.47. The fraction of sp³-hybridized carbons (Fsp3) is 0.111. The van der Waals surface area contributed by atoms with Crippen LogP contribution in [-0.2, 0) is 0 Å². The third kappa shape index (κ3) is 2.58. The summed E-state index contributed by atoms with van der Waals surface area (Å²) in [6, 6.07) is 15.8. The average Bonchev–Trinajstić information content (AvgIpc) is 3.08. The smallest absolute Gasteiger partial charge is 0.168 e. The topological polar surface area (TPSA) is 68.5 Å². The molecule has 0 bridgehead atoms. The Morgan fingerprint density at radius 3 is 2.58 bits per heavy atom. The van der Waals surface area contributed by atoms with Crippen molar-refractivity contribution in [2.75, 3.05) is 5.32 Å². The Labute approximate surface area is 139 Å². The van der Waals surface area contributed by atoms with E-state index in [0.717, 1.165) is 28.2 Å². The number of pyridine rings is 1. The van der Waals surface area contributed by atoms with Crippen molar-refractivity contribution in [1.82, 2.24) is 24.7 Å². The molecule has 118 valence electrons. The van der Waals surface area contributed by atoms with Crippen LogP contribution in [-0.4, -0.2) is 24.7 Å². The van der Waals surface area contributed by atoms with Crippen LogP contribution in [0.2, 0.25) is 0 Å². The van der Waals surface area contributed by atoms with Crippen molar-refractivity contribution in [2.24, 2.45) is 0 Å². The summed E-state index contributed by atoms with van der Waals surface area (Å²) in [6.45, 7) is 2.05. The van der Waals surface area contributed by atoms with Crippen molar-refractivity contribution in [3.8, 4) is 5.69 Å². The van der Waals surface area contributed by atoms with Gasteiger partial charge in [-0.3, -0.25) is 4.98 Å². The maximum atomic E-state index is 4.46. The fourth-order valence-corrected chi connectivity index (χ4v) is 2.63. The highest BCUT2D eigenvalue weighted by Gasteiger charge is 2.13. The fourth-order valence-electron chi connectivity index (χ4n) is 2.63. The van der Waals surface area contributed by atoms with Crippen molar-refractivity contribution in [3.63, 3.8) is 0 Å². The van der Waals surface area contributed by atoms with E-state index >= 15 is 0 Å². The van der Waals surface area contributed by atoms with Gasteiger partial charge in [-0.05, 0) is 31.2 Å². The molecule has 1 atom stereocenters. The monoisotopic (exact) mass is 316 g/mol. The van der Waals surface area contributed by atoms with E-state index in [-0.39, 0.29) is 6.04 Å². The van der Waals surface area contributed by atoms with Gasteiger partial charge >= 0.3 is 0 Å². The van der Waals surface area contributed by atoms with Gasteiger partial charge < -0.3 is 5.32 Å². The van der Waals surface area contributed by atoms with E-state index in [4.69, 9.17) is 0 Å². The van der Waals surface area contributed by atoms with Gasteiger partial charge in [0.15, 0.2) is 5.65 Å². The van der Waals surface area contributed by atoms with Gasteiger partial charge in [-0.15, -0.1) is 0 Å². The first-order valence-corrected chi connectivity index (χ1v) is 7.74. The van der Waals surface area contributed by atoms with Crippen LogP contribution in [0.4, 0.5) is 5.82 Å². The maximum Gasteiger partial charge on any atom is 0.168 e. The highest BCUT2D eigenvalue weighted by Crippen LogP contribution is 2.24. The van der Waals surface area contributed by atoms with Gasteiger partial charge in [-0.25, -0.2) is 14.6 Å². The lowest BCUT2D eigenvalue weighted by Gasteiger charge is -2.14. The minimum atomic E-state index is 0.0318. The Hall–Kier alpha value is -3.28. The third-order valence-corrected chi connectivity index (χ3v) is 3.85. The molecule has 6 heteroatoms. The average molecular weight is 316 g/mol. The highest BCUT2D eigenvalue weighted by atomic mass is 15.3. The molecule has 6 nitrogen and oxygen atoms in total. The summed E-state index contributed by atoms with van der Waals surface area (Å²) >= 11 is 0. The summed E-state index contributed by atoms with van der Waals surface area (Å²) < 4.78 is 1.81. The van der Waals surface area contributed by atoms with Gasteiger partial charge in [0.25, 0.3) is 0 Å². The van der Waals surface area contributed by atoms with Crippen LogP contribution >= 0.6 is 0 Å². The van der Waals surface area contributed by atoms with E-state index < -0.39 is 0 Å². The van der Waals surface area contributed by atoms with Crippen LogP contribution in [0.5, 0.6) is 0 Å². The summed E-state index contributed by atoms with van der Waals surface area (Å²) in [5.74, 6) is 0.750. The number of hydrogen-bond acceptors (Lipinski definition) is 5. The van der Waals surface area contributed by atoms with Gasteiger partial charge in [0.2, 0.25) is 0 Å². The number of anilines is 1. The Morgan fingerprint density at radius 1 is 0.958 bits per heavy atom. The summed E-state index contributed by atoms with van der Waals surface area (Å²) in [5, 5.41) is 8.74. The molecule has 4 rings (SSSR count). The number of para-hydroxylation sites is 1. The van der Waals surface area contributed by atoms with Crippen LogP contribution in [0.1, 0.15) is 18.7 Å². The second-order valence-electron chi connectivity index (χ2n) is 5.47. The Morgan fingerprint density at radius 2 is 1.79 bits per heavy atom. The lowest BCUT2D eigenvalue weighted by molar-refractivity contribution is 0.832. The van der Waals surface area contributed by atoms with Gasteiger partial charge in [-0.2, -0.15) is 5.10 Å². The van der Waals surface area contributed by atoms with E-state index in [1.54, 1.807) is 18.7 Å². The molecule has 0 aliphatic carbocycles. The summed E-state index contributed by atoms with van der Waals surface area (Å²) in [4.78, 5) is 13.1. The number of nitrogens with one attached hydrogen (secondary N) is 1.